The van der Waals surface area contributed by atoms with E-state index in [0.717, 1.165) is 19.3 Å². The molecule has 0 aromatic rings. The highest BCUT2D eigenvalue weighted by molar-refractivity contribution is 5.79. The number of carbonyl (C=O) groups is 1. The van der Waals surface area contributed by atoms with Gasteiger partial charge >= 0.3 is 5.97 Å². The summed E-state index contributed by atoms with van der Waals surface area (Å²) in [5, 5.41) is 6.40. The molecule has 0 amide bonds. The van der Waals surface area contributed by atoms with Crippen molar-refractivity contribution in [3.63, 3.8) is 0 Å². The fraction of sp³-hybridized carbons (Fsp3) is 0.875. The monoisotopic (exact) mass is 313 g/mol. The van der Waals surface area contributed by atoms with Crippen LogP contribution >= 0.6 is 0 Å². The predicted molar refractivity (Wildman–Crippen MR) is 88.0 cm³/mol. The number of hydrogen-bond donors (Lipinski definition) is 2. The summed E-state index contributed by atoms with van der Waals surface area (Å²) in [6.07, 6.45) is 5.75. The first-order valence-corrected chi connectivity index (χ1v) is 8.16. The van der Waals surface area contributed by atoms with E-state index >= 15 is 0 Å². The average Bonchev–Trinajstić information content (AvgIpc) is 2.99. The summed E-state index contributed by atoms with van der Waals surface area (Å²) in [5.41, 5.74) is -0.247. The molecule has 128 valence electrons. The summed E-state index contributed by atoms with van der Waals surface area (Å²) in [6, 6.07) is 0. The van der Waals surface area contributed by atoms with Crippen molar-refractivity contribution in [3.8, 4) is 0 Å². The van der Waals surface area contributed by atoms with Crippen molar-refractivity contribution in [2.75, 3.05) is 27.2 Å². The molecule has 6 nitrogen and oxygen atoms in total. The van der Waals surface area contributed by atoms with Crippen LogP contribution in [0.15, 0.2) is 4.99 Å². The number of esters is 1. The van der Waals surface area contributed by atoms with Gasteiger partial charge in [0, 0.05) is 33.7 Å². The van der Waals surface area contributed by atoms with E-state index in [1.54, 1.807) is 14.2 Å². The highest BCUT2D eigenvalue weighted by atomic mass is 16.5. The maximum absolute atomic E-state index is 11.7. The zero-order chi connectivity index (χ0) is 16.4. The van der Waals surface area contributed by atoms with Gasteiger partial charge in [-0.1, -0.05) is 0 Å². The summed E-state index contributed by atoms with van der Waals surface area (Å²) >= 11 is 0. The third-order valence-corrected chi connectivity index (χ3v) is 3.91. The number of aliphatic imine (C=N–C) groups is 1. The molecule has 2 N–H and O–H groups in total. The standard InChI is InChI=1S/C16H31N3O3/c1-16(2,21-4)12-19-15(17-3)18-11-7-10-14(20)22-13-8-5-6-9-13/h13H,5-12H2,1-4H3,(H2,17,18,19). The molecule has 1 fully saturated rings. The molecule has 0 saturated heterocycles. The Morgan fingerprint density at radius 3 is 2.55 bits per heavy atom. The van der Waals surface area contributed by atoms with Gasteiger partial charge in [0.05, 0.1) is 5.60 Å². The second kappa shape index (κ2) is 9.66. The number of ether oxygens (including phenoxy) is 2. The van der Waals surface area contributed by atoms with Gasteiger partial charge in [0.1, 0.15) is 6.10 Å². The summed E-state index contributed by atoms with van der Waals surface area (Å²) in [4.78, 5) is 15.8. The van der Waals surface area contributed by atoms with E-state index in [0.29, 0.717) is 25.5 Å². The van der Waals surface area contributed by atoms with Crippen molar-refractivity contribution < 1.29 is 14.3 Å². The quantitative estimate of drug-likeness (QED) is 0.310. The smallest absolute Gasteiger partial charge is 0.306 e. The van der Waals surface area contributed by atoms with Crippen LogP contribution in [0.3, 0.4) is 0 Å². The largest absolute Gasteiger partial charge is 0.462 e. The van der Waals surface area contributed by atoms with Crippen LogP contribution in [0.4, 0.5) is 0 Å². The van der Waals surface area contributed by atoms with Gasteiger partial charge in [-0.25, -0.2) is 0 Å². The fourth-order valence-corrected chi connectivity index (χ4v) is 2.28. The number of guanidine groups is 1. The molecule has 0 aromatic heterocycles. The molecule has 0 bridgehead atoms. The topological polar surface area (TPSA) is 72.0 Å². The lowest BCUT2D eigenvalue weighted by Gasteiger charge is -2.24. The minimum Gasteiger partial charge on any atom is -0.462 e. The average molecular weight is 313 g/mol. The van der Waals surface area contributed by atoms with E-state index in [4.69, 9.17) is 9.47 Å². The van der Waals surface area contributed by atoms with Crippen molar-refractivity contribution in [3.05, 3.63) is 0 Å². The van der Waals surface area contributed by atoms with Gasteiger partial charge in [-0.2, -0.15) is 0 Å². The molecular formula is C16H31N3O3. The Labute approximate surface area is 134 Å². The molecule has 1 saturated carbocycles. The number of nitrogens with one attached hydrogen (secondary N) is 2. The zero-order valence-electron chi connectivity index (χ0n) is 14.4. The molecule has 1 aliphatic rings. The van der Waals surface area contributed by atoms with E-state index in [1.165, 1.54) is 12.8 Å². The molecule has 22 heavy (non-hydrogen) atoms. The number of nitrogens with zero attached hydrogens (tertiary/aromatic N) is 1. The summed E-state index contributed by atoms with van der Waals surface area (Å²) in [5.74, 6) is 0.631. The Hall–Kier alpha value is -1.30. The molecule has 1 rings (SSSR count). The van der Waals surface area contributed by atoms with Crippen LogP contribution in [-0.2, 0) is 14.3 Å². The van der Waals surface area contributed by atoms with E-state index in [1.807, 2.05) is 13.8 Å². The van der Waals surface area contributed by atoms with Gasteiger partial charge in [0.15, 0.2) is 5.96 Å². The number of rotatable bonds is 8. The summed E-state index contributed by atoms with van der Waals surface area (Å²) in [7, 11) is 3.41. The van der Waals surface area contributed by atoms with Gasteiger partial charge in [-0.15, -0.1) is 0 Å². The van der Waals surface area contributed by atoms with Crippen molar-refractivity contribution in [1.29, 1.82) is 0 Å². The maximum atomic E-state index is 11.7. The lowest BCUT2D eigenvalue weighted by atomic mass is 10.1. The van der Waals surface area contributed by atoms with Crippen LogP contribution in [0.1, 0.15) is 52.4 Å². The predicted octanol–water partition coefficient (Wildman–Crippen LogP) is 1.84. The van der Waals surface area contributed by atoms with E-state index in [-0.39, 0.29) is 17.7 Å². The second-order valence-electron chi connectivity index (χ2n) is 6.32. The van der Waals surface area contributed by atoms with E-state index in [2.05, 4.69) is 15.6 Å². The Balaban J connectivity index is 2.12. The highest BCUT2D eigenvalue weighted by Crippen LogP contribution is 2.21. The highest BCUT2D eigenvalue weighted by Gasteiger charge is 2.19. The molecule has 0 radical (unpaired) electrons. The van der Waals surface area contributed by atoms with Crippen LogP contribution in [0, 0.1) is 0 Å². The normalized spacial score (nSPS) is 16.6. The number of hydrogen-bond acceptors (Lipinski definition) is 4. The first-order chi connectivity index (χ1) is 10.5. The molecule has 0 heterocycles. The molecule has 1 aliphatic carbocycles. The van der Waals surface area contributed by atoms with Crippen LogP contribution < -0.4 is 10.6 Å². The Bertz CT molecular complexity index is 364. The van der Waals surface area contributed by atoms with E-state index < -0.39 is 0 Å². The van der Waals surface area contributed by atoms with Gasteiger partial charge in [0.25, 0.3) is 0 Å². The minimum atomic E-state index is -0.247. The Morgan fingerprint density at radius 2 is 1.95 bits per heavy atom. The Kier molecular flexibility index (Phi) is 8.24. The SMILES string of the molecule is CN=C(NCCCC(=O)OC1CCCC1)NCC(C)(C)OC. The lowest BCUT2D eigenvalue weighted by Crippen LogP contribution is -2.45. The maximum Gasteiger partial charge on any atom is 0.306 e. The second-order valence-corrected chi connectivity index (χ2v) is 6.32. The minimum absolute atomic E-state index is 0.0860. The van der Waals surface area contributed by atoms with Gasteiger partial charge in [-0.05, 0) is 46.0 Å². The van der Waals surface area contributed by atoms with Crippen LogP contribution in [0.5, 0.6) is 0 Å². The molecule has 0 spiro atoms. The third kappa shape index (κ3) is 7.64. The van der Waals surface area contributed by atoms with Gasteiger partial charge < -0.3 is 20.1 Å². The van der Waals surface area contributed by atoms with Crippen LogP contribution in [-0.4, -0.2) is 50.9 Å². The summed E-state index contributed by atoms with van der Waals surface area (Å²) in [6.45, 7) is 5.36. The first-order valence-electron chi connectivity index (χ1n) is 8.16. The number of carbonyl (C=O) groups excluding carboxylic acids is 1. The first kappa shape index (κ1) is 18.7. The van der Waals surface area contributed by atoms with Crippen molar-refractivity contribution >= 4 is 11.9 Å². The lowest BCUT2D eigenvalue weighted by molar-refractivity contribution is -0.148. The van der Waals surface area contributed by atoms with Gasteiger partial charge in [-0.3, -0.25) is 9.79 Å². The Morgan fingerprint density at radius 1 is 1.27 bits per heavy atom. The van der Waals surface area contributed by atoms with Crippen LogP contribution in [0.25, 0.3) is 0 Å². The van der Waals surface area contributed by atoms with Crippen molar-refractivity contribution in [2.24, 2.45) is 4.99 Å². The molecular weight excluding hydrogens is 282 g/mol. The van der Waals surface area contributed by atoms with Crippen LogP contribution in [0.2, 0.25) is 0 Å². The van der Waals surface area contributed by atoms with Crippen molar-refractivity contribution in [2.45, 2.75) is 64.1 Å². The molecule has 6 heteroatoms. The zero-order valence-corrected chi connectivity index (χ0v) is 14.4. The molecule has 0 unspecified atom stereocenters. The van der Waals surface area contributed by atoms with Crippen molar-refractivity contribution in [1.82, 2.24) is 10.6 Å². The fourth-order valence-electron chi connectivity index (χ4n) is 2.28. The summed E-state index contributed by atoms with van der Waals surface area (Å²) < 4.78 is 10.8. The molecule has 0 aromatic carbocycles. The van der Waals surface area contributed by atoms with Gasteiger partial charge in [0.2, 0.25) is 0 Å². The molecule has 0 aliphatic heterocycles. The number of methoxy groups -OCH3 is 1. The third-order valence-electron chi connectivity index (χ3n) is 3.91. The molecule has 0 atom stereocenters. The van der Waals surface area contributed by atoms with E-state index in [9.17, 15) is 4.79 Å².